The van der Waals surface area contributed by atoms with Gasteiger partial charge in [0.15, 0.2) is 5.78 Å². The second-order valence-corrected chi connectivity index (χ2v) is 13.4. The molecule has 1 saturated heterocycles. The van der Waals surface area contributed by atoms with Gasteiger partial charge in [0.2, 0.25) is 11.8 Å². The molecule has 2 amide bonds. The number of amides is 2. The normalized spacial score (nSPS) is 20.7. The first-order chi connectivity index (χ1) is 20.8. The van der Waals surface area contributed by atoms with Crippen LogP contribution >= 0.6 is 27.5 Å². The number of piperidine rings is 1. The Bertz CT molecular complexity index is 1820. The summed E-state index contributed by atoms with van der Waals surface area (Å²) in [7, 11) is 3.89. The van der Waals surface area contributed by atoms with Crippen molar-refractivity contribution < 1.29 is 14.4 Å². The van der Waals surface area contributed by atoms with Gasteiger partial charge in [-0.25, -0.2) is 15.0 Å². The van der Waals surface area contributed by atoms with E-state index in [2.05, 4.69) is 48.2 Å². The zero-order chi connectivity index (χ0) is 31.5. The summed E-state index contributed by atoms with van der Waals surface area (Å²) in [5.41, 5.74) is 2.90. The zero-order valence-corrected chi connectivity index (χ0v) is 27.4. The number of likely N-dealkylation sites (tertiary alicyclic amines) is 1. The Balaban J connectivity index is 1.30. The number of anilines is 1. The number of fused-ring (bicyclic) bond motifs is 2. The SMILES string of the molecule is CC(=O)c1nn(CC(=O)N2[C@H](C(=O)Nc3nc(Br)ccc3CN(C)C)C[C@@]3(C)C[C@@H]23)c2c(Cl)cc(-c3cnc(C)nc3)cc12. The Labute approximate surface area is 268 Å². The number of rotatable bonds is 8. The van der Waals surface area contributed by atoms with Crippen molar-refractivity contribution in [3.05, 3.63) is 63.4 Å². The van der Waals surface area contributed by atoms with Crippen molar-refractivity contribution >= 4 is 61.8 Å². The third-order valence-electron chi connectivity index (χ3n) is 8.43. The maximum atomic E-state index is 14.0. The fourth-order valence-electron chi connectivity index (χ4n) is 6.16. The van der Waals surface area contributed by atoms with E-state index in [0.717, 1.165) is 23.1 Å². The molecule has 3 atom stereocenters. The summed E-state index contributed by atoms with van der Waals surface area (Å²) in [6, 6.07) is 6.60. The van der Waals surface area contributed by atoms with E-state index in [0.29, 0.717) is 45.1 Å². The summed E-state index contributed by atoms with van der Waals surface area (Å²) in [6.45, 7) is 5.75. The number of hydrogen-bond acceptors (Lipinski definition) is 8. The average Bonchev–Trinajstić information content (AvgIpc) is 3.31. The molecule has 2 fully saturated rings. The predicted octanol–water partition coefficient (Wildman–Crippen LogP) is 4.90. The summed E-state index contributed by atoms with van der Waals surface area (Å²) in [5.74, 6) is 0.299. The van der Waals surface area contributed by atoms with Crippen molar-refractivity contribution in [2.24, 2.45) is 5.41 Å². The van der Waals surface area contributed by atoms with Crippen LogP contribution in [0.4, 0.5) is 5.82 Å². The number of pyridine rings is 1. The van der Waals surface area contributed by atoms with E-state index in [4.69, 9.17) is 11.6 Å². The molecular weight excluding hydrogens is 648 g/mol. The first-order valence-corrected chi connectivity index (χ1v) is 15.4. The van der Waals surface area contributed by atoms with Crippen molar-refractivity contribution in [1.29, 1.82) is 0 Å². The molecule has 1 saturated carbocycles. The van der Waals surface area contributed by atoms with Crippen molar-refractivity contribution in [3.63, 3.8) is 0 Å². The van der Waals surface area contributed by atoms with Crippen LogP contribution < -0.4 is 5.32 Å². The van der Waals surface area contributed by atoms with Crippen molar-refractivity contribution in [3.8, 4) is 11.1 Å². The molecule has 11 nitrogen and oxygen atoms in total. The van der Waals surface area contributed by atoms with E-state index in [1.54, 1.807) is 30.3 Å². The van der Waals surface area contributed by atoms with Gasteiger partial charge in [0.05, 0.1) is 10.5 Å². The number of carbonyl (C=O) groups is 3. The van der Waals surface area contributed by atoms with Crippen LogP contribution in [0, 0.1) is 12.3 Å². The van der Waals surface area contributed by atoms with Crippen LogP contribution in [0.3, 0.4) is 0 Å². The maximum absolute atomic E-state index is 14.0. The molecule has 0 spiro atoms. The van der Waals surface area contributed by atoms with Crippen LogP contribution in [0.1, 0.15) is 48.6 Å². The summed E-state index contributed by atoms with van der Waals surface area (Å²) >= 11 is 10.2. The first kappa shape index (κ1) is 30.3. The highest BCUT2D eigenvalue weighted by atomic mass is 79.9. The van der Waals surface area contributed by atoms with Gasteiger partial charge in [-0.3, -0.25) is 19.1 Å². The van der Waals surface area contributed by atoms with Crippen LogP contribution in [0.5, 0.6) is 0 Å². The third-order valence-corrected chi connectivity index (χ3v) is 9.16. The number of aryl methyl sites for hydroxylation is 1. The third kappa shape index (κ3) is 5.62. The average molecular weight is 680 g/mol. The number of nitrogens with one attached hydrogen (secondary N) is 1. The monoisotopic (exact) mass is 678 g/mol. The molecule has 3 aromatic heterocycles. The largest absolute Gasteiger partial charge is 0.325 e. The number of hydrogen-bond donors (Lipinski definition) is 1. The molecule has 1 aliphatic carbocycles. The molecule has 228 valence electrons. The van der Waals surface area contributed by atoms with Gasteiger partial charge in [-0.05, 0) is 79.0 Å². The lowest BCUT2D eigenvalue weighted by molar-refractivity contribution is -0.138. The second kappa shape index (κ2) is 11.3. The lowest BCUT2D eigenvalue weighted by atomic mass is 10.0. The molecule has 4 heterocycles. The Hall–Kier alpha value is -3.74. The minimum atomic E-state index is -0.669. The molecule has 1 N–H and O–H groups in total. The molecule has 4 aromatic rings. The van der Waals surface area contributed by atoms with Crippen LogP contribution in [-0.2, 0) is 22.7 Å². The molecule has 44 heavy (non-hydrogen) atoms. The highest BCUT2D eigenvalue weighted by Gasteiger charge is 2.64. The standard InChI is InChI=1S/C31H32BrClN8O3/c1-16(42)27-21-8-19(20-12-34-17(2)35-13-20)9-22(33)28(21)40(38-27)15-26(43)41-23(10-31(3)11-24(31)41)30(44)37-29-18(14-39(4)5)6-7-25(32)36-29/h6-9,12-13,23-24H,10-11,14-15H2,1-5H3,(H,36,37,44)/t23-,24+,31-/m0/s1. The number of aromatic nitrogens is 5. The molecule has 1 aromatic carbocycles. The topological polar surface area (TPSA) is 126 Å². The number of benzene rings is 1. The molecular formula is C31H32BrClN8O3. The molecule has 0 unspecified atom stereocenters. The van der Waals surface area contributed by atoms with Gasteiger partial charge in [0.1, 0.15) is 34.5 Å². The summed E-state index contributed by atoms with van der Waals surface area (Å²) in [5, 5.41) is 8.40. The molecule has 6 rings (SSSR count). The van der Waals surface area contributed by atoms with Gasteiger partial charge in [-0.1, -0.05) is 24.6 Å². The van der Waals surface area contributed by atoms with Crippen molar-refractivity contribution in [2.45, 2.75) is 58.8 Å². The van der Waals surface area contributed by atoms with Crippen LogP contribution in [0.2, 0.25) is 5.02 Å². The fraction of sp³-hybridized carbons (Fsp3) is 0.387. The number of carbonyl (C=O) groups excluding carboxylic acids is 3. The molecule has 2 aliphatic rings. The van der Waals surface area contributed by atoms with E-state index in [1.165, 1.54) is 11.6 Å². The lowest BCUT2D eigenvalue weighted by Gasteiger charge is -2.27. The van der Waals surface area contributed by atoms with E-state index >= 15 is 0 Å². The van der Waals surface area contributed by atoms with Crippen molar-refractivity contribution in [1.82, 2.24) is 34.5 Å². The quantitative estimate of drug-likeness (QED) is 0.206. The van der Waals surface area contributed by atoms with E-state index in [1.807, 2.05) is 37.2 Å². The molecule has 0 bridgehead atoms. The number of halogens is 2. The highest BCUT2D eigenvalue weighted by molar-refractivity contribution is 9.10. The van der Waals surface area contributed by atoms with Crippen LogP contribution in [-0.4, -0.2) is 78.3 Å². The van der Waals surface area contributed by atoms with Gasteiger partial charge < -0.3 is 15.1 Å². The number of ketones is 1. The molecule has 1 aliphatic heterocycles. The highest BCUT2D eigenvalue weighted by Crippen LogP contribution is 2.59. The minimum absolute atomic E-state index is 0.0554. The van der Waals surface area contributed by atoms with Gasteiger partial charge in [0, 0.05) is 48.4 Å². The summed E-state index contributed by atoms with van der Waals surface area (Å²) in [4.78, 5) is 57.1. The number of nitrogens with zero attached hydrogens (tertiary/aromatic N) is 7. The smallest absolute Gasteiger partial charge is 0.248 e. The van der Waals surface area contributed by atoms with E-state index in [9.17, 15) is 14.4 Å². The number of Topliss-reactive ketones (excluding diaryl/α,β-unsaturated/α-hetero) is 1. The Kier molecular flexibility index (Phi) is 7.79. The lowest BCUT2D eigenvalue weighted by Crippen LogP contribution is -2.47. The Morgan fingerprint density at radius 1 is 1.14 bits per heavy atom. The van der Waals surface area contributed by atoms with Gasteiger partial charge >= 0.3 is 0 Å². The Morgan fingerprint density at radius 2 is 1.86 bits per heavy atom. The zero-order valence-electron chi connectivity index (χ0n) is 25.1. The van der Waals surface area contributed by atoms with E-state index in [-0.39, 0.29) is 41.3 Å². The van der Waals surface area contributed by atoms with Crippen LogP contribution in [0.15, 0.2) is 41.3 Å². The minimum Gasteiger partial charge on any atom is -0.325 e. The van der Waals surface area contributed by atoms with E-state index < -0.39 is 6.04 Å². The maximum Gasteiger partial charge on any atom is 0.248 e. The van der Waals surface area contributed by atoms with Crippen LogP contribution in [0.25, 0.3) is 22.0 Å². The fourth-order valence-corrected chi connectivity index (χ4v) is 6.79. The second-order valence-electron chi connectivity index (χ2n) is 12.2. The van der Waals surface area contributed by atoms with Gasteiger partial charge in [0.25, 0.3) is 0 Å². The van der Waals surface area contributed by atoms with Crippen molar-refractivity contribution in [2.75, 3.05) is 19.4 Å². The summed E-state index contributed by atoms with van der Waals surface area (Å²) < 4.78 is 2.08. The molecule has 13 heteroatoms. The van der Waals surface area contributed by atoms with Gasteiger partial charge in [-0.2, -0.15) is 5.10 Å². The molecule has 0 radical (unpaired) electrons. The van der Waals surface area contributed by atoms with Gasteiger partial charge in [-0.15, -0.1) is 0 Å². The summed E-state index contributed by atoms with van der Waals surface area (Å²) in [6.07, 6.45) is 4.76. The predicted molar refractivity (Wildman–Crippen MR) is 170 cm³/mol. The Morgan fingerprint density at radius 3 is 2.55 bits per heavy atom. The first-order valence-electron chi connectivity index (χ1n) is 14.3.